The van der Waals surface area contributed by atoms with Crippen molar-refractivity contribution < 1.29 is 4.74 Å². The second-order valence-corrected chi connectivity index (χ2v) is 6.29. The zero-order chi connectivity index (χ0) is 17.5. The lowest BCUT2D eigenvalue weighted by molar-refractivity contribution is 0.291. The van der Waals surface area contributed by atoms with Gasteiger partial charge in [-0.25, -0.2) is 4.98 Å². The van der Waals surface area contributed by atoms with Crippen LogP contribution in [0.15, 0.2) is 71.8 Å². The number of rotatable bonds is 7. The van der Waals surface area contributed by atoms with E-state index < -0.39 is 0 Å². The van der Waals surface area contributed by atoms with E-state index in [2.05, 4.69) is 45.2 Å². The standard InChI is InChI=1S/C20H19BrN2O2/c21-13-17-8-6-16(7-9-17)10-11-23-15-22-19(12-20(23)24)25-14-18-4-2-1-3-5-18/h1-9,12,15H,10-11,13-14H2. The third-order valence-electron chi connectivity index (χ3n) is 3.90. The van der Waals surface area contributed by atoms with E-state index in [0.717, 1.165) is 17.3 Å². The first-order chi connectivity index (χ1) is 12.2. The van der Waals surface area contributed by atoms with Gasteiger partial charge in [0.2, 0.25) is 5.88 Å². The summed E-state index contributed by atoms with van der Waals surface area (Å²) in [6.07, 6.45) is 2.34. The fraction of sp³-hybridized carbons (Fsp3) is 0.200. The van der Waals surface area contributed by atoms with Gasteiger partial charge in [-0.1, -0.05) is 70.5 Å². The van der Waals surface area contributed by atoms with Gasteiger partial charge in [-0.15, -0.1) is 0 Å². The third-order valence-corrected chi connectivity index (χ3v) is 4.55. The first-order valence-corrected chi connectivity index (χ1v) is 9.24. The number of aromatic nitrogens is 2. The highest BCUT2D eigenvalue weighted by Gasteiger charge is 2.03. The largest absolute Gasteiger partial charge is 0.473 e. The lowest BCUT2D eigenvalue weighted by Gasteiger charge is -2.08. The smallest absolute Gasteiger partial charge is 0.257 e. The minimum atomic E-state index is -0.102. The molecule has 5 heteroatoms. The molecule has 0 aliphatic carbocycles. The first-order valence-electron chi connectivity index (χ1n) is 8.11. The molecule has 0 radical (unpaired) electrons. The molecule has 0 saturated heterocycles. The Morgan fingerprint density at radius 3 is 2.36 bits per heavy atom. The quantitative estimate of drug-likeness (QED) is 0.565. The maximum absolute atomic E-state index is 12.2. The van der Waals surface area contributed by atoms with Crippen LogP contribution < -0.4 is 10.3 Å². The molecule has 0 aliphatic heterocycles. The van der Waals surface area contributed by atoms with Gasteiger partial charge in [-0.2, -0.15) is 0 Å². The minimum absolute atomic E-state index is 0.102. The lowest BCUT2D eigenvalue weighted by Crippen LogP contribution is -2.21. The third kappa shape index (κ3) is 5.03. The fourth-order valence-electron chi connectivity index (χ4n) is 2.43. The number of alkyl halides is 1. The van der Waals surface area contributed by atoms with Crippen LogP contribution in [0.3, 0.4) is 0 Å². The Morgan fingerprint density at radius 1 is 0.960 bits per heavy atom. The summed E-state index contributed by atoms with van der Waals surface area (Å²) in [6, 6.07) is 19.6. The molecule has 0 amide bonds. The lowest BCUT2D eigenvalue weighted by atomic mass is 10.1. The van der Waals surface area contributed by atoms with Crippen LogP contribution in [0.1, 0.15) is 16.7 Å². The van der Waals surface area contributed by atoms with Gasteiger partial charge in [0.25, 0.3) is 5.56 Å². The van der Waals surface area contributed by atoms with Gasteiger partial charge in [0.05, 0.1) is 6.07 Å². The Labute approximate surface area is 155 Å². The number of aryl methyl sites for hydroxylation is 2. The van der Waals surface area contributed by atoms with Gasteiger partial charge in [0.15, 0.2) is 0 Å². The Morgan fingerprint density at radius 2 is 1.68 bits per heavy atom. The topological polar surface area (TPSA) is 44.1 Å². The fourth-order valence-corrected chi connectivity index (χ4v) is 2.81. The zero-order valence-electron chi connectivity index (χ0n) is 13.8. The normalized spacial score (nSPS) is 10.6. The Hall–Kier alpha value is -2.40. The summed E-state index contributed by atoms with van der Waals surface area (Å²) in [5.74, 6) is 0.353. The SMILES string of the molecule is O=c1cc(OCc2ccccc2)ncn1CCc1ccc(CBr)cc1. The Bertz CT molecular complexity index is 861. The molecule has 0 N–H and O–H groups in total. The van der Waals surface area contributed by atoms with Gasteiger partial charge in [0.1, 0.15) is 12.9 Å². The van der Waals surface area contributed by atoms with Crippen molar-refractivity contribution in [2.75, 3.05) is 0 Å². The van der Waals surface area contributed by atoms with E-state index in [1.165, 1.54) is 17.2 Å². The summed E-state index contributed by atoms with van der Waals surface area (Å²) < 4.78 is 7.19. The molecule has 0 atom stereocenters. The molecule has 2 aromatic carbocycles. The molecule has 0 spiro atoms. The van der Waals surface area contributed by atoms with Crippen LogP contribution in [0.25, 0.3) is 0 Å². The Balaban J connectivity index is 1.58. The molecular weight excluding hydrogens is 380 g/mol. The van der Waals surface area contributed by atoms with Crippen LogP contribution in [0.5, 0.6) is 5.88 Å². The van der Waals surface area contributed by atoms with Gasteiger partial charge in [-0.05, 0) is 23.1 Å². The average molecular weight is 399 g/mol. The molecule has 0 fully saturated rings. The van der Waals surface area contributed by atoms with Crippen LogP contribution in [-0.2, 0) is 24.9 Å². The van der Waals surface area contributed by atoms with Gasteiger partial charge in [-0.3, -0.25) is 9.36 Å². The molecule has 0 unspecified atom stereocenters. The van der Waals surface area contributed by atoms with Crippen molar-refractivity contribution in [1.82, 2.24) is 9.55 Å². The summed E-state index contributed by atoms with van der Waals surface area (Å²) in [5.41, 5.74) is 3.37. The van der Waals surface area contributed by atoms with Crippen molar-refractivity contribution >= 4 is 15.9 Å². The van der Waals surface area contributed by atoms with Crippen LogP contribution in [0.2, 0.25) is 0 Å². The molecule has 0 aliphatic rings. The highest BCUT2D eigenvalue weighted by Crippen LogP contribution is 2.10. The minimum Gasteiger partial charge on any atom is -0.473 e. The average Bonchev–Trinajstić information content (AvgIpc) is 2.67. The summed E-state index contributed by atoms with van der Waals surface area (Å²) in [5, 5.41) is 0.848. The van der Waals surface area contributed by atoms with Crippen LogP contribution >= 0.6 is 15.9 Å². The van der Waals surface area contributed by atoms with E-state index in [-0.39, 0.29) is 5.56 Å². The van der Waals surface area contributed by atoms with Gasteiger partial charge in [0, 0.05) is 11.9 Å². The van der Waals surface area contributed by atoms with Gasteiger partial charge >= 0.3 is 0 Å². The van der Waals surface area contributed by atoms with E-state index in [0.29, 0.717) is 19.0 Å². The van der Waals surface area contributed by atoms with E-state index in [1.54, 1.807) is 10.9 Å². The second kappa shape index (κ2) is 8.62. The number of nitrogens with zero attached hydrogens (tertiary/aromatic N) is 2. The van der Waals surface area contributed by atoms with Crippen molar-refractivity contribution in [2.45, 2.75) is 24.9 Å². The summed E-state index contributed by atoms with van der Waals surface area (Å²) in [7, 11) is 0. The molecular formula is C20H19BrN2O2. The predicted molar refractivity (Wildman–Crippen MR) is 102 cm³/mol. The summed E-state index contributed by atoms with van der Waals surface area (Å²) in [4.78, 5) is 16.4. The number of ether oxygens (including phenoxy) is 1. The highest BCUT2D eigenvalue weighted by molar-refractivity contribution is 9.08. The second-order valence-electron chi connectivity index (χ2n) is 5.73. The van der Waals surface area contributed by atoms with E-state index in [1.807, 2.05) is 30.3 Å². The number of benzene rings is 2. The number of halogens is 1. The van der Waals surface area contributed by atoms with Crippen LogP contribution in [0, 0.1) is 0 Å². The van der Waals surface area contributed by atoms with Crippen LogP contribution in [0.4, 0.5) is 0 Å². The van der Waals surface area contributed by atoms with Crippen molar-refractivity contribution in [3.8, 4) is 5.88 Å². The van der Waals surface area contributed by atoms with Crippen molar-refractivity contribution in [1.29, 1.82) is 0 Å². The number of hydrogen-bond acceptors (Lipinski definition) is 3. The van der Waals surface area contributed by atoms with E-state index in [9.17, 15) is 4.79 Å². The summed E-state index contributed by atoms with van der Waals surface area (Å²) in [6.45, 7) is 0.996. The first kappa shape index (κ1) is 17.4. The molecule has 0 saturated carbocycles. The molecule has 25 heavy (non-hydrogen) atoms. The van der Waals surface area contributed by atoms with Crippen molar-refractivity contribution in [2.24, 2.45) is 0 Å². The molecule has 1 heterocycles. The molecule has 3 rings (SSSR count). The summed E-state index contributed by atoms with van der Waals surface area (Å²) >= 11 is 3.44. The van der Waals surface area contributed by atoms with Crippen LogP contribution in [-0.4, -0.2) is 9.55 Å². The predicted octanol–water partition coefficient (Wildman–Crippen LogP) is 3.96. The maximum atomic E-state index is 12.2. The number of hydrogen-bond donors (Lipinski definition) is 0. The molecule has 4 nitrogen and oxygen atoms in total. The molecule has 0 bridgehead atoms. The van der Waals surface area contributed by atoms with Crippen molar-refractivity contribution in [3.63, 3.8) is 0 Å². The van der Waals surface area contributed by atoms with E-state index >= 15 is 0 Å². The molecule has 128 valence electrons. The maximum Gasteiger partial charge on any atom is 0.257 e. The zero-order valence-corrected chi connectivity index (χ0v) is 15.4. The Kier molecular flexibility index (Phi) is 6.01. The molecule has 3 aromatic rings. The van der Waals surface area contributed by atoms with E-state index in [4.69, 9.17) is 4.74 Å². The van der Waals surface area contributed by atoms with Crippen molar-refractivity contribution in [3.05, 3.63) is 94.0 Å². The molecule has 1 aromatic heterocycles. The highest BCUT2D eigenvalue weighted by atomic mass is 79.9. The van der Waals surface area contributed by atoms with Gasteiger partial charge < -0.3 is 4.74 Å². The monoisotopic (exact) mass is 398 g/mol.